The van der Waals surface area contributed by atoms with E-state index in [2.05, 4.69) is 19.9 Å². The van der Waals surface area contributed by atoms with E-state index >= 15 is 0 Å². The number of carbonyl (C=O) groups excluding carboxylic acids is 1. The van der Waals surface area contributed by atoms with Crippen molar-refractivity contribution in [3.8, 4) is 16.4 Å². The van der Waals surface area contributed by atoms with Crippen molar-refractivity contribution in [3.05, 3.63) is 47.6 Å². The van der Waals surface area contributed by atoms with Crippen molar-refractivity contribution in [2.75, 3.05) is 7.11 Å². The Hall–Kier alpha value is -2.54. The van der Waals surface area contributed by atoms with Crippen LogP contribution in [0, 0.1) is 0 Å². The lowest BCUT2D eigenvalue weighted by Crippen LogP contribution is -2.01. The monoisotopic (exact) mass is 286 g/mol. The summed E-state index contributed by atoms with van der Waals surface area (Å²) in [5.41, 5.74) is 1.76. The maximum absolute atomic E-state index is 11.4. The number of nitrogens with zero attached hydrogens (tertiary/aromatic N) is 4. The van der Waals surface area contributed by atoms with Crippen LogP contribution in [0.25, 0.3) is 16.4 Å². The molecule has 0 N–H and O–H groups in total. The fourth-order valence-electron chi connectivity index (χ4n) is 1.64. The molecule has 3 aromatic rings. The molecule has 0 fully saturated rings. The molecule has 7 heteroatoms. The van der Waals surface area contributed by atoms with Crippen molar-refractivity contribution in [2.45, 2.75) is 0 Å². The lowest BCUT2D eigenvalue weighted by Gasteiger charge is -1.96. The zero-order valence-corrected chi connectivity index (χ0v) is 11.4. The van der Waals surface area contributed by atoms with Gasteiger partial charge in [0.25, 0.3) is 0 Å². The molecular formula is C13H10N4O2S. The van der Waals surface area contributed by atoms with Crippen LogP contribution in [0.3, 0.4) is 0 Å². The van der Waals surface area contributed by atoms with Crippen molar-refractivity contribution in [2.24, 2.45) is 0 Å². The molecule has 100 valence electrons. The van der Waals surface area contributed by atoms with Crippen LogP contribution >= 0.6 is 11.3 Å². The first-order valence-corrected chi connectivity index (χ1v) is 6.68. The predicted molar refractivity (Wildman–Crippen MR) is 73.8 cm³/mol. The van der Waals surface area contributed by atoms with Crippen LogP contribution in [0.15, 0.2) is 41.9 Å². The third-order valence-corrected chi connectivity index (χ3v) is 3.46. The average Bonchev–Trinajstić information content (AvgIpc) is 3.16. The zero-order valence-electron chi connectivity index (χ0n) is 10.6. The number of benzene rings is 1. The Labute approximate surface area is 118 Å². The van der Waals surface area contributed by atoms with Gasteiger partial charge in [-0.25, -0.2) is 9.78 Å². The Kier molecular flexibility index (Phi) is 3.26. The van der Waals surface area contributed by atoms with Crippen LogP contribution in [-0.4, -0.2) is 33.1 Å². The molecule has 0 spiro atoms. The number of rotatable bonds is 3. The highest BCUT2D eigenvalue weighted by atomic mass is 32.1. The quantitative estimate of drug-likeness (QED) is 0.690. The van der Waals surface area contributed by atoms with Gasteiger partial charge >= 0.3 is 5.97 Å². The fraction of sp³-hybridized carbons (Fsp3) is 0.0769. The normalized spacial score (nSPS) is 10.4. The molecule has 6 nitrogen and oxygen atoms in total. The smallest absolute Gasteiger partial charge is 0.357 e. The largest absolute Gasteiger partial charge is 0.464 e. The Morgan fingerprint density at radius 2 is 2.10 bits per heavy atom. The van der Waals surface area contributed by atoms with E-state index in [0.717, 1.165) is 5.69 Å². The van der Waals surface area contributed by atoms with Gasteiger partial charge in [0.2, 0.25) is 0 Å². The number of thiazole rings is 1. The van der Waals surface area contributed by atoms with Crippen LogP contribution in [-0.2, 0) is 4.74 Å². The highest BCUT2D eigenvalue weighted by Crippen LogP contribution is 2.22. The molecule has 0 saturated heterocycles. The van der Waals surface area contributed by atoms with Gasteiger partial charge in [0.05, 0.1) is 19.0 Å². The second-order valence-electron chi connectivity index (χ2n) is 3.88. The van der Waals surface area contributed by atoms with Crippen molar-refractivity contribution < 1.29 is 9.53 Å². The lowest BCUT2D eigenvalue weighted by molar-refractivity contribution is 0.0595. The molecule has 0 aliphatic heterocycles. The highest BCUT2D eigenvalue weighted by molar-refractivity contribution is 7.13. The van der Waals surface area contributed by atoms with Gasteiger partial charge in [-0.05, 0) is 12.1 Å². The van der Waals surface area contributed by atoms with Gasteiger partial charge < -0.3 is 4.74 Å². The van der Waals surface area contributed by atoms with Gasteiger partial charge in [-0.3, -0.25) is 0 Å². The minimum absolute atomic E-state index is 0.279. The molecule has 3 rings (SSSR count). The Morgan fingerprint density at radius 1 is 1.30 bits per heavy atom. The summed E-state index contributed by atoms with van der Waals surface area (Å²) in [5.74, 6) is -0.456. The maximum atomic E-state index is 11.4. The van der Waals surface area contributed by atoms with Gasteiger partial charge in [-0.2, -0.15) is 9.90 Å². The maximum Gasteiger partial charge on any atom is 0.357 e. The minimum atomic E-state index is -0.456. The molecule has 0 saturated carbocycles. The number of para-hydroxylation sites is 1. The number of hydrogen-bond acceptors (Lipinski definition) is 6. The second kappa shape index (κ2) is 5.22. The van der Waals surface area contributed by atoms with E-state index in [9.17, 15) is 4.79 Å². The zero-order chi connectivity index (χ0) is 13.9. The summed E-state index contributed by atoms with van der Waals surface area (Å²) in [4.78, 5) is 17.1. The van der Waals surface area contributed by atoms with E-state index in [4.69, 9.17) is 0 Å². The Morgan fingerprint density at radius 3 is 2.85 bits per heavy atom. The summed E-state index contributed by atoms with van der Waals surface area (Å²) < 4.78 is 4.62. The van der Waals surface area contributed by atoms with E-state index in [1.54, 1.807) is 11.6 Å². The van der Waals surface area contributed by atoms with Crippen LogP contribution < -0.4 is 0 Å². The third-order valence-electron chi connectivity index (χ3n) is 2.60. The molecule has 0 atom stereocenters. The summed E-state index contributed by atoms with van der Waals surface area (Å²) in [6.07, 6.45) is 1.62. The summed E-state index contributed by atoms with van der Waals surface area (Å²) >= 11 is 1.33. The first-order valence-electron chi connectivity index (χ1n) is 5.80. The summed E-state index contributed by atoms with van der Waals surface area (Å²) in [7, 11) is 1.33. The van der Waals surface area contributed by atoms with Gasteiger partial charge in [0, 0.05) is 5.38 Å². The van der Waals surface area contributed by atoms with Crippen molar-refractivity contribution in [1.82, 2.24) is 20.0 Å². The van der Waals surface area contributed by atoms with E-state index in [-0.39, 0.29) is 5.69 Å². The van der Waals surface area contributed by atoms with Gasteiger partial charge in [-0.15, -0.1) is 16.4 Å². The summed E-state index contributed by atoms with van der Waals surface area (Å²) in [6, 6.07) is 9.57. The van der Waals surface area contributed by atoms with Gasteiger partial charge in [-0.1, -0.05) is 18.2 Å². The van der Waals surface area contributed by atoms with Crippen molar-refractivity contribution >= 4 is 17.3 Å². The Balaban J connectivity index is 1.91. The summed E-state index contributed by atoms with van der Waals surface area (Å²) in [5, 5.41) is 10.8. The number of aromatic nitrogens is 4. The molecule has 2 heterocycles. The first-order chi connectivity index (χ1) is 9.78. The molecule has 0 aliphatic carbocycles. The van der Waals surface area contributed by atoms with Crippen LogP contribution in [0.2, 0.25) is 0 Å². The summed E-state index contributed by atoms with van der Waals surface area (Å²) in [6.45, 7) is 0. The minimum Gasteiger partial charge on any atom is -0.464 e. The Bertz CT molecular complexity index is 736. The number of carbonyl (C=O) groups is 1. The molecule has 20 heavy (non-hydrogen) atoms. The molecule has 0 aliphatic rings. The molecule has 2 aromatic heterocycles. The van der Waals surface area contributed by atoms with Crippen molar-refractivity contribution in [1.29, 1.82) is 0 Å². The topological polar surface area (TPSA) is 69.9 Å². The van der Waals surface area contributed by atoms with E-state index in [0.29, 0.717) is 10.7 Å². The molecule has 0 radical (unpaired) electrons. The van der Waals surface area contributed by atoms with Crippen LogP contribution in [0.5, 0.6) is 0 Å². The average molecular weight is 286 g/mol. The second-order valence-corrected chi connectivity index (χ2v) is 4.74. The van der Waals surface area contributed by atoms with E-state index in [1.165, 1.54) is 23.2 Å². The fourth-order valence-corrected chi connectivity index (χ4v) is 2.37. The van der Waals surface area contributed by atoms with Crippen LogP contribution in [0.1, 0.15) is 10.5 Å². The number of hydrogen-bond donors (Lipinski definition) is 0. The van der Waals surface area contributed by atoms with Crippen molar-refractivity contribution in [3.63, 3.8) is 0 Å². The molecule has 1 aromatic carbocycles. The number of methoxy groups -OCH3 is 1. The molecule has 0 amide bonds. The standard InChI is InChI=1S/C13H10N4O2S/c1-19-13(18)11-8-20-12(15-11)10-7-14-17(16-10)9-5-3-2-4-6-9/h2-8H,1H3. The third kappa shape index (κ3) is 2.30. The van der Waals surface area contributed by atoms with Gasteiger partial charge in [0.15, 0.2) is 5.69 Å². The first kappa shape index (κ1) is 12.5. The van der Waals surface area contributed by atoms with Crippen LogP contribution in [0.4, 0.5) is 0 Å². The highest BCUT2D eigenvalue weighted by Gasteiger charge is 2.14. The molecule has 0 bridgehead atoms. The number of ether oxygens (including phenoxy) is 1. The van der Waals surface area contributed by atoms with E-state index in [1.807, 2.05) is 30.3 Å². The molecular weight excluding hydrogens is 276 g/mol. The van der Waals surface area contributed by atoms with Gasteiger partial charge in [0.1, 0.15) is 10.7 Å². The SMILES string of the molecule is COC(=O)c1csc(-c2cnn(-c3ccccc3)n2)n1. The van der Waals surface area contributed by atoms with E-state index < -0.39 is 5.97 Å². The molecule has 0 unspecified atom stereocenters. The predicted octanol–water partition coefficient (Wildman–Crippen LogP) is 2.18. The number of esters is 1. The lowest BCUT2D eigenvalue weighted by atomic mass is 10.3.